The van der Waals surface area contributed by atoms with Crippen LogP contribution in [0.25, 0.3) is 22.4 Å². The molecule has 3 fully saturated rings. The first-order chi connectivity index (χ1) is 16.9. The Kier molecular flexibility index (Phi) is 6.09. The minimum Gasteiger partial charge on any atom is -0.378 e. The smallest absolute Gasteiger partial charge is 0.228 e. The van der Waals surface area contributed by atoms with E-state index in [-0.39, 0.29) is 0 Å². The first kappa shape index (κ1) is 21.5. The third kappa shape index (κ3) is 4.24. The van der Waals surface area contributed by atoms with Crippen molar-refractivity contribution in [3.05, 3.63) is 30.3 Å². The van der Waals surface area contributed by atoms with E-state index in [1.54, 1.807) is 0 Å². The van der Waals surface area contributed by atoms with Gasteiger partial charge in [-0.15, -0.1) is 0 Å². The zero-order valence-corrected chi connectivity index (χ0v) is 19.2. The highest BCUT2D eigenvalue weighted by molar-refractivity contribution is 5.95. The second-order valence-corrected chi connectivity index (χ2v) is 8.58. The summed E-state index contributed by atoms with van der Waals surface area (Å²) in [7, 11) is 0. The Morgan fingerprint density at radius 1 is 0.529 bits per heavy atom. The van der Waals surface area contributed by atoms with Crippen molar-refractivity contribution >= 4 is 28.6 Å². The van der Waals surface area contributed by atoms with Crippen molar-refractivity contribution in [2.24, 2.45) is 0 Å². The molecule has 3 aliphatic heterocycles. The quantitative estimate of drug-likeness (QED) is 0.568. The second kappa shape index (κ2) is 9.65. The molecule has 0 aliphatic carbocycles. The number of benzene rings is 1. The standard InChI is InChI=1S/C24H29N7O3/c1-2-4-18(5-3-1)21-25-19-20(22(27-21)29-6-12-32-13-7-29)26-24(31-10-16-34-17-11-31)28-23(19)30-8-14-33-15-9-30/h1-5H,6-17H2. The number of aromatic nitrogens is 4. The van der Waals surface area contributed by atoms with Crippen LogP contribution in [0.1, 0.15) is 0 Å². The number of nitrogens with zero attached hydrogens (tertiary/aromatic N) is 7. The molecule has 10 nitrogen and oxygen atoms in total. The predicted molar refractivity (Wildman–Crippen MR) is 130 cm³/mol. The number of anilines is 3. The maximum atomic E-state index is 5.62. The van der Waals surface area contributed by atoms with Gasteiger partial charge in [0.05, 0.1) is 39.6 Å². The Balaban J connectivity index is 1.57. The van der Waals surface area contributed by atoms with Crippen molar-refractivity contribution in [3.8, 4) is 11.4 Å². The number of fused-ring (bicyclic) bond motifs is 1. The van der Waals surface area contributed by atoms with Crippen molar-refractivity contribution in [2.75, 3.05) is 93.6 Å². The van der Waals surface area contributed by atoms with Gasteiger partial charge in [0.2, 0.25) is 5.95 Å². The summed E-state index contributed by atoms with van der Waals surface area (Å²) in [6, 6.07) is 10.1. The van der Waals surface area contributed by atoms with Crippen LogP contribution in [0.15, 0.2) is 30.3 Å². The van der Waals surface area contributed by atoms with Gasteiger partial charge in [0, 0.05) is 44.8 Å². The number of rotatable bonds is 4. The minimum absolute atomic E-state index is 0.671. The van der Waals surface area contributed by atoms with Crippen LogP contribution in [-0.2, 0) is 14.2 Å². The molecule has 178 valence electrons. The van der Waals surface area contributed by atoms with Crippen molar-refractivity contribution in [3.63, 3.8) is 0 Å². The van der Waals surface area contributed by atoms with Crippen molar-refractivity contribution < 1.29 is 14.2 Å². The molecule has 0 spiro atoms. The van der Waals surface area contributed by atoms with Gasteiger partial charge in [-0.05, 0) is 0 Å². The van der Waals surface area contributed by atoms with Gasteiger partial charge < -0.3 is 28.9 Å². The van der Waals surface area contributed by atoms with Gasteiger partial charge in [0.15, 0.2) is 17.5 Å². The molecule has 0 saturated carbocycles. The first-order valence-corrected chi connectivity index (χ1v) is 12.0. The Bertz CT molecular complexity index is 1130. The molecule has 6 rings (SSSR count). The molecule has 5 heterocycles. The van der Waals surface area contributed by atoms with E-state index in [1.165, 1.54) is 0 Å². The van der Waals surface area contributed by atoms with Crippen LogP contribution in [-0.4, -0.2) is 98.8 Å². The van der Waals surface area contributed by atoms with Gasteiger partial charge in [-0.25, -0.2) is 15.0 Å². The highest BCUT2D eigenvalue weighted by Gasteiger charge is 2.27. The third-order valence-corrected chi connectivity index (χ3v) is 6.44. The van der Waals surface area contributed by atoms with Crippen LogP contribution in [0.4, 0.5) is 17.6 Å². The van der Waals surface area contributed by atoms with E-state index in [0.717, 1.165) is 67.5 Å². The molecule has 0 radical (unpaired) electrons. The average molecular weight is 464 g/mol. The van der Waals surface area contributed by atoms with Crippen LogP contribution in [0.3, 0.4) is 0 Å². The molecular weight excluding hydrogens is 434 g/mol. The van der Waals surface area contributed by atoms with Crippen LogP contribution in [0.2, 0.25) is 0 Å². The molecule has 3 aromatic rings. The Morgan fingerprint density at radius 2 is 1.03 bits per heavy atom. The Hall–Kier alpha value is -3.08. The summed E-state index contributed by atoms with van der Waals surface area (Å²) >= 11 is 0. The number of ether oxygens (including phenoxy) is 3. The van der Waals surface area contributed by atoms with E-state index in [4.69, 9.17) is 34.1 Å². The van der Waals surface area contributed by atoms with Gasteiger partial charge in [0.25, 0.3) is 0 Å². The summed E-state index contributed by atoms with van der Waals surface area (Å²) < 4.78 is 16.8. The summed E-state index contributed by atoms with van der Waals surface area (Å²) in [5.74, 6) is 3.09. The van der Waals surface area contributed by atoms with E-state index in [1.807, 2.05) is 30.3 Å². The van der Waals surface area contributed by atoms with Gasteiger partial charge in [-0.2, -0.15) is 4.98 Å². The first-order valence-electron chi connectivity index (χ1n) is 12.0. The van der Waals surface area contributed by atoms with E-state index >= 15 is 0 Å². The van der Waals surface area contributed by atoms with Gasteiger partial charge >= 0.3 is 0 Å². The Morgan fingerprint density at radius 3 is 1.62 bits per heavy atom. The normalized spacial score (nSPS) is 19.6. The molecule has 1 aromatic carbocycles. The fourth-order valence-corrected chi connectivity index (χ4v) is 4.59. The van der Waals surface area contributed by atoms with E-state index in [2.05, 4.69) is 14.7 Å². The third-order valence-electron chi connectivity index (χ3n) is 6.44. The molecule has 0 N–H and O–H groups in total. The lowest BCUT2D eigenvalue weighted by molar-refractivity contribution is 0.121. The summed E-state index contributed by atoms with van der Waals surface area (Å²) in [6.45, 7) is 8.65. The lowest BCUT2D eigenvalue weighted by Gasteiger charge is -2.32. The summed E-state index contributed by atoms with van der Waals surface area (Å²) in [4.78, 5) is 26.9. The zero-order chi connectivity index (χ0) is 22.7. The molecule has 34 heavy (non-hydrogen) atoms. The molecule has 2 aromatic heterocycles. The van der Waals surface area contributed by atoms with E-state index in [9.17, 15) is 0 Å². The van der Waals surface area contributed by atoms with E-state index < -0.39 is 0 Å². The summed E-state index contributed by atoms with van der Waals surface area (Å²) in [6.07, 6.45) is 0. The molecule has 0 bridgehead atoms. The van der Waals surface area contributed by atoms with Crippen LogP contribution in [0, 0.1) is 0 Å². The van der Waals surface area contributed by atoms with Crippen LogP contribution in [0.5, 0.6) is 0 Å². The number of hydrogen-bond acceptors (Lipinski definition) is 10. The number of hydrogen-bond donors (Lipinski definition) is 0. The van der Waals surface area contributed by atoms with Gasteiger partial charge in [-0.3, -0.25) is 0 Å². The van der Waals surface area contributed by atoms with E-state index in [0.29, 0.717) is 51.4 Å². The van der Waals surface area contributed by atoms with Crippen molar-refractivity contribution in [2.45, 2.75) is 0 Å². The van der Waals surface area contributed by atoms with Gasteiger partial charge in [-0.1, -0.05) is 30.3 Å². The largest absolute Gasteiger partial charge is 0.378 e. The monoisotopic (exact) mass is 463 g/mol. The SMILES string of the molecule is c1ccc(-c2nc(N3CCOCC3)c3nc(N4CCOCC4)nc(N4CCOCC4)c3n2)cc1. The van der Waals surface area contributed by atoms with Crippen LogP contribution < -0.4 is 14.7 Å². The van der Waals surface area contributed by atoms with Gasteiger partial charge in [0.1, 0.15) is 11.0 Å². The lowest BCUT2D eigenvalue weighted by atomic mass is 10.2. The molecule has 0 amide bonds. The zero-order valence-electron chi connectivity index (χ0n) is 19.2. The molecule has 10 heteroatoms. The summed E-state index contributed by atoms with van der Waals surface area (Å²) in [5, 5.41) is 0. The van der Waals surface area contributed by atoms with Crippen molar-refractivity contribution in [1.29, 1.82) is 0 Å². The molecule has 3 aliphatic rings. The fourth-order valence-electron chi connectivity index (χ4n) is 4.59. The van der Waals surface area contributed by atoms with Crippen molar-refractivity contribution in [1.82, 2.24) is 19.9 Å². The fraction of sp³-hybridized carbons (Fsp3) is 0.500. The maximum Gasteiger partial charge on any atom is 0.228 e. The molecule has 0 atom stereocenters. The molecule has 0 unspecified atom stereocenters. The predicted octanol–water partition coefficient (Wildman–Crippen LogP) is 1.60. The summed E-state index contributed by atoms with van der Waals surface area (Å²) in [5.41, 5.74) is 2.55. The highest BCUT2D eigenvalue weighted by Crippen LogP contribution is 2.33. The maximum absolute atomic E-state index is 5.62. The number of morpholine rings is 3. The molecule has 3 saturated heterocycles. The van der Waals surface area contributed by atoms with Crippen LogP contribution >= 0.6 is 0 Å². The second-order valence-electron chi connectivity index (χ2n) is 8.58. The highest BCUT2D eigenvalue weighted by atomic mass is 16.5. The Labute approximate surface area is 198 Å². The minimum atomic E-state index is 0.671. The topological polar surface area (TPSA) is 89.0 Å². The average Bonchev–Trinajstić information content (AvgIpc) is 2.94. The molecular formula is C24H29N7O3. The lowest BCUT2D eigenvalue weighted by Crippen LogP contribution is -2.40.